The smallest absolute Gasteiger partial charge is 0.269 e. The first-order valence-corrected chi connectivity index (χ1v) is 12.3. The Morgan fingerprint density at radius 2 is 1.02 bits per heavy atom. The molecule has 0 unspecified atom stereocenters. The Morgan fingerprint density at radius 3 is 1.37 bits per heavy atom. The van der Waals surface area contributed by atoms with E-state index in [1.165, 1.54) is 46.7 Å². The number of hydrogen-bond donors (Lipinski definition) is 2. The number of benzene rings is 4. The molecule has 0 aliphatic rings. The number of nitrogens with zero attached hydrogens (tertiary/aromatic N) is 6. The van der Waals surface area contributed by atoms with Crippen LogP contribution in [0.15, 0.2) is 95.1 Å². The number of phenols is 2. The lowest BCUT2D eigenvalue weighted by molar-refractivity contribution is -0.385. The summed E-state index contributed by atoms with van der Waals surface area (Å²) in [5.74, 6) is 0.0878. The Balaban J connectivity index is 1.46. The summed E-state index contributed by atoms with van der Waals surface area (Å²) in [5, 5.41) is 54.2. The molecule has 4 rings (SSSR count). The van der Waals surface area contributed by atoms with Crippen molar-refractivity contribution in [3.63, 3.8) is 0 Å². The maximum atomic E-state index is 10.9. The number of phenolic OH excluding ortho intramolecular Hbond substituents is 2. The van der Waals surface area contributed by atoms with Crippen molar-refractivity contribution in [1.29, 1.82) is 0 Å². The number of hydrazone groups is 2. The highest BCUT2D eigenvalue weighted by Gasteiger charge is 2.09. The quantitative estimate of drug-likeness (QED) is 0.149. The van der Waals surface area contributed by atoms with Gasteiger partial charge in [0.15, 0.2) is 0 Å². The second kappa shape index (κ2) is 12.4. The molecule has 4 aromatic rings. The molecule has 208 valence electrons. The molecule has 0 bridgehead atoms. The molecule has 0 spiro atoms. The van der Waals surface area contributed by atoms with Gasteiger partial charge in [0.1, 0.15) is 11.5 Å². The molecular formula is C29H26N6O6. The SMILES string of the molecule is CN(/N=C/c1cc(Cc2ccc(O)c(/C=N/N(C)c3ccc([N+](=O)[O-])cc3)c2)ccc1O)c1ccc([N+](=O)[O-])cc1. The minimum absolute atomic E-state index is 0.0170. The van der Waals surface area contributed by atoms with Crippen molar-refractivity contribution in [2.45, 2.75) is 6.42 Å². The summed E-state index contributed by atoms with van der Waals surface area (Å²) in [4.78, 5) is 20.8. The van der Waals surface area contributed by atoms with Gasteiger partial charge in [0.05, 0.1) is 33.7 Å². The first-order chi connectivity index (χ1) is 19.6. The highest BCUT2D eigenvalue weighted by molar-refractivity contribution is 5.85. The molecule has 12 nitrogen and oxygen atoms in total. The second-order valence-corrected chi connectivity index (χ2v) is 9.05. The molecule has 0 radical (unpaired) electrons. The van der Waals surface area contributed by atoms with E-state index in [-0.39, 0.29) is 22.9 Å². The molecule has 12 heteroatoms. The fraction of sp³-hybridized carbons (Fsp3) is 0.103. The molecule has 0 heterocycles. The molecule has 2 N–H and O–H groups in total. The maximum Gasteiger partial charge on any atom is 0.269 e. The molecule has 0 fully saturated rings. The Hall–Kier alpha value is -5.78. The van der Waals surface area contributed by atoms with Crippen molar-refractivity contribution in [3.8, 4) is 11.5 Å². The van der Waals surface area contributed by atoms with Crippen LogP contribution in [-0.2, 0) is 6.42 Å². The highest BCUT2D eigenvalue weighted by atomic mass is 16.6. The standard InChI is InChI=1S/C29H26N6O6/c1-32(24-5-9-26(10-6-24)34(38)39)30-18-22-16-20(3-13-28(22)36)15-21-4-14-29(37)23(17-21)19-31-33(2)25-7-11-27(12-8-25)35(40)41/h3-14,16-19,36-37H,15H2,1-2H3/b30-18+,31-19+. The number of anilines is 2. The van der Waals surface area contributed by atoms with Gasteiger partial charge in [-0.1, -0.05) is 12.1 Å². The molecule has 0 amide bonds. The van der Waals surface area contributed by atoms with Crippen LogP contribution in [-0.4, -0.2) is 46.6 Å². The summed E-state index contributed by atoms with van der Waals surface area (Å²) in [6.45, 7) is 0. The van der Waals surface area contributed by atoms with Gasteiger partial charge >= 0.3 is 0 Å². The summed E-state index contributed by atoms with van der Waals surface area (Å²) in [5.41, 5.74) is 3.99. The zero-order chi connectivity index (χ0) is 29.5. The van der Waals surface area contributed by atoms with Crippen LogP contribution in [0.3, 0.4) is 0 Å². The fourth-order valence-corrected chi connectivity index (χ4v) is 3.88. The van der Waals surface area contributed by atoms with E-state index in [1.54, 1.807) is 74.8 Å². The number of non-ortho nitro benzene ring substituents is 2. The summed E-state index contributed by atoms with van der Waals surface area (Å²) < 4.78 is 0. The van der Waals surface area contributed by atoms with Crippen LogP contribution in [0.2, 0.25) is 0 Å². The first kappa shape index (κ1) is 28.2. The Morgan fingerprint density at radius 1 is 0.659 bits per heavy atom. The third kappa shape index (κ3) is 7.20. The van der Waals surface area contributed by atoms with E-state index in [9.17, 15) is 30.4 Å². The van der Waals surface area contributed by atoms with Gasteiger partial charge in [0.25, 0.3) is 11.4 Å². The highest BCUT2D eigenvalue weighted by Crippen LogP contribution is 2.24. The predicted molar refractivity (Wildman–Crippen MR) is 157 cm³/mol. The first-order valence-electron chi connectivity index (χ1n) is 12.3. The topological polar surface area (TPSA) is 158 Å². The third-order valence-electron chi connectivity index (χ3n) is 6.20. The van der Waals surface area contributed by atoms with Crippen LogP contribution in [0.4, 0.5) is 22.7 Å². The molecule has 0 aliphatic heterocycles. The van der Waals surface area contributed by atoms with Crippen molar-refractivity contribution < 1.29 is 20.1 Å². The van der Waals surface area contributed by atoms with Gasteiger partial charge in [-0.3, -0.25) is 30.2 Å². The monoisotopic (exact) mass is 554 g/mol. The molecule has 41 heavy (non-hydrogen) atoms. The summed E-state index contributed by atoms with van der Waals surface area (Å²) in [6, 6.07) is 22.2. The summed E-state index contributed by atoms with van der Waals surface area (Å²) >= 11 is 0. The van der Waals surface area contributed by atoms with E-state index in [2.05, 4.69) is 10.2 Å². The minimum Gasteiger partial charge on any atom is -0.507 e. The number of hydrogen-bond acceptors (Lipinski definition) is 10. The van der Waals surface area contributed by atoms with Gasteiger partial charge in [0.2, 0.25) is 0 Å². The van der Waals surface area contributed by atoms with Crippen molar-refractivity contribution in [3.05, 3.63) is 127 Å². The molecule has 0 aliphatic carbocycles. The van der Waals surface area contributed by atoms with Gasteiger partial charge in [-0.2, -0.15) is 10.2 Å². The maximum absolute atomic E-state index is 10.9. The second-order valence-electron chi connectivity index (χ2n) is 9.05. The molecule has 0 saturated heterocycles. The van der Waals surface area contributed by atoms with Crippen LogP contribution in [0, 0.1) is 20.2 Å². The van der Waals surface area contributed by atoms with E-state index < -0.39 is 9.85 Å². The lowest BCUT2D eigenvalue weighted by Crippen LogP contribution is -2.09. The van der Waals surface area contributed by atoms with Crippen molar-refractivity contribution in [2.24, 2.45) is 10.2 Å². The normalized spacial score (nSPS) is 11.2. The van der Waals surface area contributed by atoms with Crippen LogP contribution < -0.4 is 10.0 Å². The predicted octanol–water partition coefficient (Wildman–Crippen LogP) is 5.45. The van der Waals surface area contributed by atoms with Gasteiger partial charge in [-0.25, -0.2) is 0 Å². The zero-order valence-electron chi connectivity index (χ0n) is 22.2. The third-order valence-corrected chi connectivity index (χ3v) is 6.20. The molecule has 0 saturated carbocycles. The van der Waals surface area contributed by atoms with E-state index in [0.717, 1.165) is 11.1 Å². The molecular weight excluding hydrogens is 528 g/mol. The van der Waals surface area contributed by atoms with Crippen molar-refractivity contribution in [2.75, 3.05) is 24.1 Å². The van der Waals surface area contributed by atoms with Crippen LogP contribution in [0.25, 0.3) is 0 Å². The average Bonchev–Trinajstić information content (AvgIpc) is 2.97. The van der Waals surface area contributed by atoms with Crippen LogP contribution in [0.1, 0.15) is 22.3 Å². The van der Waals surface area contributed by atoms with Gasteiger partial charge < -0.3 is 10.2 Å². The Bertz CT molecular complexity index is 1500. The lowest BCUT2D eigenvalue weighted by atomic mass is 10.0. The van der Waals surface area contributed by atoms with E-state index in [4.69, 9.17) is 0 Å². The van der Waals surface area contributed by atoms with Gasteiger partial charge in [-0.15, -0.1) is 0 Å². The number of nitro groups is 2. The summed E-state index contributed by atoms with van der Waals surface area (Å²) in [6.07, 6.45) is 3.50. The van der Waals surface area contributed by atoms with Crippen molar-refractivity contribution >= 4 is 35.2 Å². The number of rotatable bonds is 10. The van der Waals surface area contributed by atoms with Gasteiger partial charge in [0, 0.05) is 49.5 Å². The summed E-state index contributed by atoms with van der Waals surface area (Å²) in [7, 11) is 3.38. The Labute approximate surface area is 235 Å². The van der Waals surface area contributed by atoms with E-state index >= 15 is 0 Å². The minimum atomic E-state index is -0.471. The van der Waals surface area contributed by atoms with Gasteiger partial charge in [-0.05, 0) is 66.1 Å². The van der Waals surface area contributed by atoms with Crippen LogP contribution in [0.5, 0.6) is 11.5 Å². The van der Waals surface area contributed by atoms with Crippen molar-refractivity contribution in [1.82, 2.24) is 0 Å². The fourth-order valence-electron chi connectivity index (χ4n) is 3.88. The van der Waals surface area contributed by atoms with E-state index in [0.29, 0.717) is 28.9 Å². The van der Waals surface area contributed by atoms with E-state index in [1.807, 2.05) is 0 Å². The molecule has 0 aromatic heterocycles. The lowest BCUT2D eigenvalue weighted by Gasteiger charge is -2.13. The number of nitro benzene ring substituents is 2. The zero-order valence-corrected chi connectivity index (χ0v) is 22.2. The number of aromatic hydroxyl groups is 2. The van der Waals surface area contributed by atoms with Crippen LogP contribution >= 0.6 is 0 Å². The molecule has 4 aromatic carbocycles. The average molecular weight is 555 g/mol. The molecule has 0 atom stereocenters. The largest absolute Gasteiger partial charge is 0.507 e. The Kier molecular flexibility index (Phi) is 8.53.